The molecule has 1 aromatic heterocycles. The number of fused-ring (bicyclic) bond motifs is 1. The lowest BCUT2D eigenvalue weighted by molar-refractivity contribution is 0.0947. The number of anilines is 1. The van der Waals surface area contributed by atoms with Gasteiger partial charge in [0, 0.05) is 18.9 Å². The minimum atomic E-state index is -0.0598. The van der Waals surface area contributed by atoms with Crippen LogP contribution in [0.5, 0.6) is 0 Å². The van der Waals surface area contributed by atoms with Crippen molar-refractivity contribution in [1.29, 1.82) is 0 Å². The molecule has 1 aliphatic rings. The molecule has 19 heavy (non-hydrogen) atoms. The molecule has 1 aliphatic heterocycles. The van der Waals surface area contributed by atoms with Crippen molar-refractivity contribution in [2.75, 3.05) is 11.6 Å². The first kappa shape index (κ1) is 11.8. The third-order valence-electron chi connectivity index (χ3n) is 3.54. The Morgan fingerprint density at radius 2 is 2.16 bits per heavy atom. The number of hydrogen-bond donors (Lipinski definition) is 2. The Kier molecular flexibility index (Phi) is 2.99. The van der Waals surface area contributed by atoms with Crippen molar-refractivity contribution in [2.24, 2.45) is 0 Å². The molecule has 0 saturated carbocycles. The van der Waals surface area contributed by atoms with E-state index in [-0.39, 0.29) is 5.91 Å². The maximum Gasteiger partial charge on any atom is 0.271 e. The van der Waals surface area contributed by atoms with Crippen molar-refractivity contribution in [2.45, 2.75) is 19.8 Å². The number of rotatable bonds is 2. The second kappa shape index (κ2) is 4.80. The molecule has 4 nitrogen and oxygen atoms in total. The summed E-state index contributed by atoms with van der Waals surface area (Å²) >= 11 is 0. The number of amides is 1. The Morgan fingerprint density at radius 3 is 2.95 bits per heavy atom. The smallest absolute Gasteiger partial charge is 0.271 e. The fraction of sp³-hybridized carbons (Fsp3) is 0.267. The van der Waals surface area contributed by atoms with Gasteiger partial charge in [-0.25, -0.2) is 0 Å². The van der Waals surface area contributed by atoms with E-state index < -0.39 is 0 Å². The second-order valence-corrected chi connectivity index (χ2v) is 4.88. The highest BCUT2D eigenvalue weighted by Crippen LogP contribution is 2.25. The van der Waals surface area contributed by atoms with Gasteiger partial charge in [0.05, 0.1) is 11.3 Å². The molecule has 0 radical (unpaired) electrons. The first-order valence-corrected chi connectivity index (χ1v) is 6.55. The highest BCUT2D eigenvalue weighted by atomic mass is 16.2. The molecule has 1 amide bonds. The van der Waals surface area contributed by atoms with Crippen molar-refractivity contribution in [3.63, 3.8) is 0 Å². The maximum absolute atomic E-state index is 12.2. The summed E-state index contributed by atoms with van der Waals surface area (Å²) in [5, 5.41) is 1.95. The van der Waals surface area contributed by atoms with Crippen LogP contribution in [0.15, 0.2) is 36.7 Å². The Hall–Kier alpha value is -2.23. The van der Waals surface area contributed by atoms with Gasteiger partial charge in [-0.05, 0) is 37.0 Å². The monoisotopic (exact) mass is 255 g/mol. The van der Waals surface area contributed by atoms with Crippen LogP contribution >= 0.6 is 0 Å². The number of carbonyl (C=O) groups is 1. The molecule has 1 aromatic carbocycles. The number of hydrogen-bond acceptors (Lipinski definition) is 2. The van der Waals surface area contributed by atoms with Crippen molar-refractivity contribution >= 4 is 11.6 Å². The number of aryl methyl sites for hydroxylation is 2. The Labute approximate surface area is 112 Å². The number of benzene rings is 1. The van der Waals surface area contributed by atoms with Crippen molar-refractivity contribution in [3.8, 4) is 0 Å². The SMILES string of the molecule is Cc1c[nH]cc1C(=O)NN1CCCc2ccccc21. The van der Waals surface area contributed by atoms with Gasteiger partial charge >= 0.3 is 0 Å². The summed E-state index contributed by atoms with van der Waals surface area (Å²) in [6.45, 7) is 2.78. The van der Waals surface area contributed by atoms with Gasteiger partial charge in [0.15, 0.2) is 0 Å². The van der Waals surface area contributed by atoms with Crippen LogP contribution in [0, 0.1) is 6.92 Å². The molecule has 0 unspecified atom stereocenters. The normalized spacial score (nSPS) is 14.1. The third-order valence-corrected chi connectivity index (χ3v) is 3.54. The summed E-state index contributed by atoms with van der Waals surface area (Å²) in [4.78, 5) is 15.2. The molecule has 0 atom stereocenters. The summed E-state index contributed by atoms with van der Waals surface area (Å²) in [5.74, 6) is -0.0598. The number of aromatic nitrogens is 1. The van der Waals surface area contributed by atoms with E-state index in [0.29, 0.717) is 5.56 Å². The molecule has 98 valence electrons. The van der Waals surface area contributed by atoms with Crippen LogP contribution in [0.1, 0.15) is 27.9 Å². The van der Waals surface area contributed by atoms with Gasteiger partial charge in [0.1, 0.15) is 0 Å². The molecule has 0 bridgehead atoms. The van der Waals surface area contributed by atoms with Crippen molar-refractivity contribution in [1.82, 2.24) is 10.4 Å². The number of nitrogens with one attached hydrogen (secondary N) is 2. The van der Waals surface area contributed by atoms with E-state index in [4.69, 9.17) is 0 Å². The highest BCUT2D eigenvalue weighted by molar-refractivity contribution is 5.96. The van der Waals surface area contributed by atoms with E-state index in [2.05, 4.69) is 22.5 Å². The molecule has 3 rings (SSSR count). The highest BCUT2D eigenvalue weighted by Gasteiger charge is 2.19. The summed E-state index contributed by atoms with van der Waals surface area (Å²) < 4.78 is 0. The zero-order chi connectivity index (χ0) is 13.2. The minimum Gasteiger partial charge on any atom is -0.367 e. The van der Waals surface area contributed by atoms with Gasteiger partial charge in [-0.15, -0.1) is 0 Å². The molecular weight excluding hydrogens is 238 g/mol. The van der Waals surface area contributed by atoms with Crippen LogP contribution in [0.25, 0.3) is 0 Å². The predicted molar refractivity (Wildman–Crippen MR) is 75.1 cm³/mol. The van der Waals surface area contributed by atoms with Gasteiger partial charge in [-0.1, -0.05) is 18.2 Å². The topological polar surface area (TPSA) is 48.1 Å². The molecule has 2 aromatic rings. The average Bonchev–Trinajstić information content (AvgIpc) is 2.85. The lowest BCUT2D eigenvalue weighted by atomic mass is 10.0. The van der Waals surface area contributed by atoms with E-state index in [1.54, 1.807) is 6.20 Å². The fourth-order valence-electron chi connectivity index (χ4n) is 2.52. The van der Waals surface area contributed by atoms with Crippen LogP contribution in [0.2, 0.25) is 0 Å². The molecule has 0 fully saturated rings. The van der Waals surface area contributed by atoms with E-state index in [0.717, 1.165) is 30.6 Å². The Balaban J connectivity index is 1.82. The standard InChI is InChI=1S/C15H17N3O/c1-11-9-16-10-13(11)15(19)17-18-8-4-6-12-5-2-3-7-14(12)18/h2-3,5,7,9-10,16H,4,6,8H2,1H3,(H,17,19). The largest absolute Gasteiger partial charge is 0.367 e. The third kappa shape index (κ3) is 2.21. The summed E-state index contributed by atoms with van der Waals surface area (Å²) in [5.41, 5.74) is 7.05. The zero-order valence-corrected chi connectivity index (χ0v) is 10.9. The van der Waals surface area contributed by atoms with Crippen LogP contribution < -0.4 is 10.4 Å². The molecular formula is C15H17N3O. The lowest BCUT2D eigenvalue weighted by Crippen LogP contribution is -2.45. The molecule has 2 N–H and O–H groups in total. The first-order chi connectivity index (χ1) is 9.25. The molecule has 2 heterocycles. The van der Waals surface area contributed by atoms with Crippen LogP contribution in [-0.4, -0.2) is 17.4 Å². The Morgan fingerprint density at radius 1 is 1.32 bits per heavy atom. The molecule has 0 aliphatic carbocycles. The fourth-order valence-corrected chi connectivity index (χ4v) is 2.52. The quantitative estimate of drug-likeness (QED) is 0.865. The van der Waals surface area contributed by atoms with Crippen LogP contribution in [0.4, 0.5) is 5.69 Å². The summed E-state index contributed by atoms with van der Waals surface area (Å²) in [6, 6.07) is 8.22. The maximum atomic E-state index is 12.2. The van der Waals surface area contributed by atoms with E-state index in [1.807, 2.05) is 30.3 Å². The number of para-hydroxylation sites is 1. The summed E-state index contributed by atoms with van der Waals surface area (Å²) in [6.07, 6.45) is 5.70. The second-order valence-electron chi connectivity index (χ2n) is 4.88. The molecule has 0 saturated heterocycles. The van der Waals surface area contributed by atoms with Gasteiger partial charge in [0.25, 0.3) is 5.91 Å². The predicted octanol–water partition coefficient (Wildman–Crippen LogP) is 2.42. The van der Waals surface area contributed by atoms with Crippen molar-refractivity contribution < 1.29 is 4.79 Å². The average molecular weight is 255 g/mol. The van der Waals surface area contributed by atoms with Gasteiger partial charge in [-0.3, -0.25) is 15.2 Å². The number of H-pyrrole nitrogens is 1. The lowest BCUT2D eigenvalue weighted by Gasteiger charge is -2.31. The molecule has 4 heteroatoms. The van der Waals surface area contributed by atoms with E-state index in [9.17, 15) is 4.79 Å². The number of carbonyl (C=O) groups excluding carboxylic acids is 1. The first-order valence-electron chi connectivity index (χ1n) is 6.55. The van der Waals surface area contributed by atoms with E-state index in [1.165, 1.54) is 5.56 Å². The Bertz CT molecular complexity index is 603. The van der Waals surface area contributed by atoms with Gasteiger partial charge in [0.2, 0.25) is 0 Å². The number of hydrazine groups is 1. The zero-order valence-electron chi connectivity index (χ0n) is 10.9. The summed E-state index contributed by atoms with van der Waals surface area (Å²) in [7, 11) is 0. The van der Waals surface area contributed by atoms with E-state index >= 15 is 0 Å². The van der Waals surface area contributed by atoms with Gasteiger partial charge < -0.3 is 4.98 Å². The van der Waals surface area contributed by atoms with Gasteiger partial charge in [-0.2, -0.15) is 0 Å². The van der Waals surface area contributed by atoms with Crippen molar-refractivity contribution in [3.05, 3.63) is 53.3 Å². The van der Waals surface area contributed by atoms with Crippen LogP contribution in [0.3, 0.4) is 0 Å². The van der Waals surface area contributed by atoms with Crippen LogP contribution in [-0.2, 0) is 6.42 Å². The minimum absolute atomic E-state index is 0.0598. The number of nitrogens with zero attached hydrogens (tertiary/aromatic N) is 1. The number of aromatic amines is 1. The molecule has 0 spiro atoms.